The van der Waals surface area contributed by atoms with E-state index in [1.165, 1.54) is 0 Å². The second-order valence-electron chi connectivity index (χ2n) is 11.2. The molecule has 3 N–H and O–H groups in total. The number of nitrogens with zero attached hydrogens (tertiary/aromatic N) is 2. The van der Waals surface area contributed by atoms with E-state index in [1.807, 2.05) is 13.0 Å². The Labute approximate surface area is 228 Å². The van der Waals surface area contributed by atoms with E-state index in [-0.39, 0.29) is 54.1 Å². The van der Waals surface area contributed by atoms with Gasteiger partial charge in [0.25, 0.3) is 5.56 Å². The van der Waals surface area contributed by atoms with Crippen molar-refractivity contribution in [3.8, 4) is 11.4 Å². The van der Waals surface area contributed by atoms with Crippen LogP contribution in [0.15, 0.2) is 16.9 Å². The molecule has 0 saturated heterocycles. The number of esters is 1. The van der Waals surface area contributed by atoms with E-state index in [2.05, 4.69) is 5.32 Å². The SMILES string of the molecule is CC[C@@]1(O)C(=O)OCc2c1cc1n(c2=O)Cc2c-1nc1cc(Cl)c(C)c3c1c2[C@@H](NC(=O)C(O)C1CC1)CC3. The summed E-state index contributed by atoms with van der Waals surface area (Å²) in [6.07, 6.45) is 2.00. The molecule has 0 spiro atoms. The molecular formula is C29H28ClN3O6. The largest absolute Gasteiger partial charge is 0.458 e. The first-order valence-corrected chi connectivity index (χ1v) is 13.8. The molecular weight excluding hydrogens is 522 g/mol. The number of benzene rings is 1. The summed E-state index contributed by atoms with van der Waals surface area (Å²) >= 11 is 6.61. The summed E-state index contributed by atoms with van der Waals surface area (Å²) in [5.74, 6) is -1.16. The number of ether oxygens (including phenoxy) is 1. The van der Waals surface area contributed by atoms with Crippen molar-refractivity contribution in [1.82, 2.24) is 14.9 Å². The Morgan fingerprint density at radius 2 is 2.03 bits per heavy atom. The van der Waals surface area contributed by atoms with Gasteiger partial charge < -0.3 is 24.8 Å². The summed E-state index contributed by atoms with van der Waals surface area (Å²) in [7, 11) is 0. The summed E-state index contributed by atoms with van der Waals surface area (Å²) in [4.78, 5) is 44.2. The van der Waals surface area contributed by atoms with E-state index in [0.29, 0.717) is 34.8 Å². The Bertz CT molecular complexity index is 1690. The first-order valence-electron chi connectivity index (χ1n) is 13.4. The lowest BCUT2D eigenvalue weighted by Gasteiger charge is -2.31. The lowest BCUT2D eigenvalue weighted by atomic mass is 9.81. The van der Waals surface area contributed by atoms with Crippen LogP contribution < -0.4 is 10.9 Å². The van der Waals surface area contributed by atoms with Crippen LogP contribution in [0.3, 0.4) is 0 Å². The molecule has 4 aliphatic rings. The van der Waals surface area contributed by atoms with Crippen molar-refractivity contribution >= 4 is 34.4 Å². The topological polar surface area (TPSA) is 131 Å². The van der Waals surface area contributed by atoms with Crippen molar-refractivity contribution in [2.75, 3.05) is 0 Å². The lowest BCUT2D eigenvalue weighted by molar-refractivity contribution is -0.172. The highest BCUT2D eigenvalue weighted by Gasteiger charge is 2.46. The molecule has 1 unspecified atom stereocenters. The number of hydrogen-bond donors (Lipinski definition) is 3. The van der Waals surface area contributed by atoms with Crippen molar-refractivity contribution in [3.63, 3.8) is 0 Å². The minimum atomic E-state index is -1.92. The van der Waals surface area contributed by atoms with Gasteiger partial charge in [-0.1, -0.05) is 18.5 Å². The number of aryl methyl sites for hydroxylation is 1. The smallest absolute Gasteiger partial charge is 0.343 e. The van der Waals surface area contributed by atoms with E-state index in [4.69, 9.17) is 21.3 Å². The highest BCUT2D eigenvalue weighted by Crippen LogP contribution is 2.46. The molecule has 3 atom stereocenters. The van der Waals surface area contributed by atoms with Gasteiger partial charge in [-0.3, -0.25) is 9.59 Å². The number of carbonyl (C=O) groups is 2. The van der Waals surface area contributed by atoms with E-state index >= 15 is 0 Å². The maximum Gasteiger partial charge on any atom is 0.343 e. The van der Waals surface area contributed by atoms with Crippen LogP contribution in [0.4, 0.5) is 0 Å². The highest BCUT2D eigenvalue weighted by molar-refractivity contribution is 6.32. The predicted molar refractivity (Wildman–Crippen MR) is 142 cm³/mol. The van der Waals surface area contributed by atoms with E-state index in [1.54, 1.807) is 17.6 Å². The molecule has 1 amide bonds. The summed E-state index contributed by atoms with van der Waals surface area (Å²) in [5.41, 5.74) is 3.68. The number of carbonyl (C=O) groups excluding carboxylic acids is 2. The van der Waals surface area contributed by atoms with Gasteiger partial charge in [-0.05, 0) is 73.8 Å². The molecule has 2 aliphatic heterocycles. The van der Waals surface area contributed by atoms with Crippen LogP contribution in [0.5, 0.6) is 0 Å². The molecule has 2 aliphatic carbocycles. The van der Waals surface area contributed by atoms with Gasteiger partial charge >= 0.3 is 5.97 Å². The molecule has 1 aromatic carbocycles. The molecule has 1 saturated carbocycles. The van der Waals surface area contributed by atoms with Crippen molar-refractivity contribution in [3.05, 3.63) is 60.9 Å². The lowest BCUT2D eigenvalue weighted by Crippen LogP contribution is -2.44. The number of pyridine rings is 2. The quantitative estimate of drug-likeness (QED) is 0.334. The third kappa shape index (κ3) is 3.39. The third-order valence-corrected chi connectivity index (χ3v) is 9.42. The van der Waals surface area contributed by atoms with Crippen LogP contribution in [0.25, 0.3) is 22.3 Å². The van der Waals surface area contributed by atoms with E-state index in [0.717, 1.165) is 40.5 Å². The van der Waals surface area contributed by atoms with Crippen LogP contribution in [-0.2, 0) is 39.5 Å². The number of cyclic esters (lactones) is 1. The number of aliphatic hydroxyl groups is 2. The second kappa shape index (κ2) is 8.36. The monoisotopic (exact) mass is 549 g/mol. The number of hydrogen-bond acceptors (Lipinski definition) is 7. The molecule has 0 radical (unpaired) electrons. The van der Waals surface area contributed by atoms with Gasteiger partial charge in [0, 0.05) is 21.5 Å². The van der Waals surface area contributed by atoms with Gasteiger partial charge in [0.15, 0.2) is 5.60 Å². The number of fused-ring (bicyclic) bond motifs is 5. The van der Waals surface area contributed by atoms with Gasteiger partial charge in [-0.25, -0.2) is 9.78 Å². The summed E-state index contributed by atoms with van der Waals surface area (Å²) in [6, 6.07) is 3.11. The molecule has 10 heteroatoms. The second-order valence-corrected chi connectivity index (χ2v) is 11.6. The first kappa shape index (κ1) is 24.7. The Morgan fingerprint density at radius 1 is 1.26 bits per heavy atom. The minimum Gasteiger partial charge on any atom is -0.458 e. The summed E-state index contributed by atoms with van der Waals surface area (Å²) < 4.78 is 6.79. The molecule has 7 rings (SSSR count). The average molecular weight is 550 g/mol. The molecule has 9 nitrogen and oxygen atoms in total. The summed E-state index contributed by atoms with van der Waals surface area (Å²) in [6.45, 7) is 3.66. The average Bonchev–Trinajstić information content (AvgIpc) is 3.71. The van der Waals surface area contributed by atoms with Crippen molar-refractivity contribution in [1.29, 1.82) is 0 Å². The third-order valence-electron chi connectivity index (χ3n) is 9.03. The molecule has 2 aromatic heterocycles. The number of nitrogens with one attached hydrogen (secondary N) is 1. The Hall–Kier alpha value is -3.27. The minimum absolute atomic E-state index is 0.00139. The Morgan fingerprint density at radius 3 is 2.74 bits per heavy atom. The molecule has 202 valence electrons. The fraction of sp³-hybridized carbons (Fsp3) is 0.448. The van der Waals surface area contributed by atoms with Gasteiger partial charge in [0.05, 0.1) is 35.1 Å². The van der Waals surface area contributed by atoms with Gasteiger partial charge in [-0.2, -0.15) is 0 Å². The number of halogens is 1. The van der Waals surface area contributed by atoms with E-state index in [9.17, 15) is 24.6 Å². The van der Waals surface area contributed by atoms with Gasteiger partial charge in [-0.15, -0.1) is 0 Å². The van der Waals surface area contributed by atoms with Crippen molar-refractivity contribution in [2.45, 2.75) is 76.9 Å². The number of amides is 1. The van der Waals surface area contributed by atoms with Crippen molar-refractivity contribution in [2.24, 2.45) is 5.92 Å². The molecule has 0 bridgehead atoms. The van der Waals surface area contributed by atoms with Gasteiger partial charge in [0.1, 0.15) is 12.7 Å². The Balaban J connectivity index is 1.46. The van der Waals surface area contributed by atoms with Crippen LogP contribution >= 0.6 is 11.6 Å². The molecule has 39 heavy (non-hydrogen) atoms. The predicted octanol–water partition coefficient (Wildman–Crippen LogP) is 2.92. The summed E-state index contributed by atoms with van der Waals surface area (Å²) in [5, 5.41) is 26.3. The Kier molecular flexibility index (Phi) is 5.31. The molecule has 4 heterocycles. The zero-order valence-corrected chi connectivity index (χ0v) is 22.4. The fourth-order valence-electron chi connectivity index (χ4n) is 6.58. The van der Waals surface area contributed by atoms with Crippen LogP contribution in [0, 0.1) is 12.8 Å². The van der Waals surface area contributed by atoms with E-state index < -0.39 is 17.7 Å². The fourth-order valence-corrected chi connectivity index (χ4v) is 6.80. The van der Waals surface area contributed by atoms with Crippen LogP contribution in [0.1, 0.15) is 72.0 Å². The molecule has 1 fully saturated rings. The zero-order valence-electron chi connectivity index (χ0n) is 21.6. The number of aromatic nitrogens is 2. The van der Waals surface area contributed by atoms with Gasteiger partial charge in [0.2, 0.25) is 5.91 Å². The molecule has 3 aromatic rings. The standard InChI is InChI=1S/C29H28ClN3O6/c1-3-29(38)17-8-21-24-15(10-33(21)27(36)16(17)11-39-28(29)37)23-19(32-26(35)25(34)13-4-5-13)7-6-14-12(2)18(30)9-20(31-24)22(14)23/h8-9,13,19,25,34,38H,3-7,10-11H2,1-2H3,(H,32,35)/t19-,25?,29-/m0/s1. The van der Waals surface area contributed by atoms with Crippen molar-refractivity contribution < 1.29 is 24.5 Å². The number of rotatable bonds is 4. The first-order chi connectivity index (χ1) is 18.6. The van der Waals surface area contributed by atoms with Crippen LogP contribution in [0.2, 0.25) is 5.02 Å². The highest BCUT2D eigenvalue weighted by atomic mass is 35.5. The maximum atomic E-state index is 13.7. The normalized spacial score (nSPS) is 23.6. The number of aliphatic hydroxyl groups excluding tert-OH is 1. The zero-order chi connectivity index (χ0) is 27.4. The maximum absolute atomic E-state index is 13.7. The van der Waals surface area contributed by atoms with Crippen LogP contribution in [-0.4, -0.2) is 37.7 Å².